The lowest BCUT2D eigenvalue weighted by atomic mass is 10.2. The van der Waals surface area contributed by atoms with Crippen LogP contribution in [0.2, 0.25) is 0 Å². The number of rotatable bonds is 7. The molecule has 84 valence electrons. The Morgan fingerprint density at radius 2 is 2.07 bits per heavy atom. The summed E-state index contributed by atoms with van der Waals surface area (Å²) in [5, 5.41) is 3.56. The molecule has 0 aliphatic heterocycles. The van der Waals surface area contributed by atoms with Crippen molar-refractivity contribution in [1.82, 2.24) is 5.32 Å². The highest BCUT2D eigenvalue weighted by molar-refractivity contribution is 7.11. The summed E-state index contributed by atoms with van der Waals surface area (Å²) in [5.74, 6) is 0. The Balaban J connectivity index is 1.56. The van der Waals surface area contributed by atoms with Gasteiger partial charge in [-0.2, -0.15) is 0 Å². The molecule has 1 saturated carbocycles. The maximum atomic E-state index is 3.56. The molecule has 0 unspecified atom stereocenters. The average Bonchev–Trinajstić information content (AvgIpc) is 2.96. The van der Waals surface area contributed by atoms with Crippen LogP contribution in [0.15, 0.2) is 12.1 Å². The van der Waals surface area contributed by atoms with Crippen molar-refractivity contribution >= 4 is 11.3 Å². The van der Waals surface area contributed by atoms with Gasteiger partial charge < -0.3 is 5.32 Å². The molecule has 0 saturated heterocycles. The van der Waals surface area contributed by atoms with Gasteiger partial charge in [-0.05, 0) is 57.2 Å². The van der Waals surface area contributed by atoms with E-state index in [1.165, 1.54) is 49.9 Å². The Kier molecular flexibility index (Phi) is 4.21. The van der Waals surface area contributed by atoms with Crippen LogP contribution in [0.5, 0.6) is 0 Å². The van der Waals surface area contributed by atoms with E-state index < -0.39 is 0 Å². The van der Waals surface area contributed by atoms with Crippen LogP contribution in [-0.2, 0) is 12.8 Å². The number of nitrogens with one attached hydrogen (secondary N) is 1. The number of unbranched alkanes of at least 4 members (excludes halogenated alkanes) is 1. The Morgan fingerprint density at radius 1 is 1.27 bits per heavy atom. The van der Waals surface area contributed by atoms with E-state index in [0.717, 1.165) is 6.04 Å². The average molecular weight is 223 g/mol. The molecule has 0 atom stereocenters. The SMILES string of the molecule is CCc1ccc(CCCCNC2CC2)s1. The van der Waals surface area contributed by atoms with Crippen molar-refractivity contribution in [2.45, 2.75) is 51.5 Å². The van der Waals surface area contributed by atoms with Gasteiger partial charge in [0.2, 0.25) is 0 Å². The smallest absolute Gasteiger partial charge is 0.00682 e. The fourth-order valence-electron chi connectivity index (χ4n) is 1.76. The van der Waals surface area contributed by atoms with Crippen molar-refractivity contribution in [3.8, 4) is 0 Å². The first kappa shape index (κ1) is 11.2. The molecule has 0 bridgehead atoms. The summed E-state index contributed by atoms with van der Waals surface area (Å²) in [4.78, 5) is 3.10. The van der Waals surface area contributed by atoms with Crippen LogP contribution >= 0.6 is 11.3 Å². The van der Waals surface area contributed by atoms with Gasteiger partial charge in [-0.15, -0.1) is 11.3 Å². The molecule has 0 radical (unpaired) electrons. The topological polar surface area (TPSA) is 12.0 Å². The first-order chi connectivity index (χ1) is 7.38. The molecule has 1 fully saturated rings. The minimum absolute atomic E-state index is 0.874. The second-order valence-corrected chi connectivity index (χ2v) is 5.66. The quantitative estimate of drug-likeness (QED) is 0.699. The molecular formula is C13H21NS. The van der Waals surface area contributed by atoms with E-state index in [2.05, 4.69) is 24.4 Å². The molecule has 0 amide bonds. The van der Waals surface area contributed by atoms with E-state index in [1.807, 2.05) is 11.3 Å². The number of aryl methyl sites for hydroxylation is 2. The summed E-state index contributed by atoms with van der Waals surface area (Å²) in [6, 6.07) is 5.46. The summed E-state index contributed by atoms with van der Waals surface area (Å²) in [7, 11) is 0. The first-order valence-electron chi connectivity index (χ1n) is 6.19. The second-order valence-electron chi connectivity index (χ2n) is 4.41. The van der Waals surface area contributed by atoms with E-state index in [9.17, 15) is 0 Å². The van der Waals surface area contributed by atoms with Crippen molar-refractivity contribution in [2.24, 2.45) is 0 Å². The third-order valence-electron chi connectivity index (χ3n) is 2.93. The lowest BCUT2D eigenvalue weighted by Crippen LogP contribution is -2.17. The second kappa shape index (κ2) is 5.66. The number of hydrogen-bond donors (Lipinski definition) is 1. The summed E-state index contributed by atoms with van der Waals surface area (Å²) in [5.41, 5.74) is 0. The Morgan fingerprint density at radius 3 is 2.73 bits per heavy atom. The molecule has 2 heteroatoms. The van der Waals surface area contributed by atoms with E-state index in [1.54, 1.807) is 4.88 Å². The van der Waals surface area contributed by atoms with E-state index in [-0.39, 0.29) is 0 Å². The lowest BCUT2D eigenvalue weighted by molar-refractivity contribution is 0.621. The van der Waals surface area contributed by atoms with Crippen molar-refractivity contribution in [3.63, 3.8) is 0 Å². The molecule has 1 aliphatic carbocycles. The fourth-order valence-corrected chi connectivity index (χ4v) is 2.76. The van der Waals surface area contributed by atoms with Crippen molar-refractivity contribution in [1.29, 1.82) is 0 Å². The van der Waals surface area contributed by atoms with Crippen molar-refractivity contribution < 1.29 is 0 Å². The number of thiophene rings is 1. The monoisotopic (exact) mass is 223 g/mol. The highest BCUT2D eigenvalue weighted by Crippen LogP contribution is 2.20. The molecule has 0 spiro atoms. The third-order valence-corrected chi connectivity index (χ3v) is 4.22. The molecule has 15 heavy (non-hydrogen) atoms. The lowest BCUT2D eigenvalue weighted by Gasteiger charge is -2.01. The molecule has 1 aliphatic rings. The zero-order valence-electron chi connectivity index (χ0n) is 9.59. The van der Waals surface area contributed by atoms with Gasteiger partial charge in [0.15, 0.2) is 0 Å². The normalized spacial score (nSPS) is 15.8. The summed E-state index contributed by atoms with van der Waals surface area (Å²) < 4.78 is 0. The van der Waals surface area contributed by atoms with Gasteiger partial charge in [0, 0.05) is 15.8 Å². The van der Waals surface area contributed by atoms with Gasteiger partial charge in [-0.25, -0.2) is 0 Å². The summed E-state index contributed by atoms with van der Waals surface area (Å²) in [6.07, 6.45) is 7.94. The van der Waals surface area contributed by atoms with Crippen LogP contribution in [0.3, 0.4) is 0 Å². The maximum absolute atomic E-state index is 3.56. The Bertz CT molecular complexity index is 288. The van der Waals surface area contributed by atoms with Crippen LogP contribution in [0.4, 0.5) is 0 Å². The predicted molar refractivity (Wildman–Crippen MR) is 67.7 cm³/mol. The largest absolute Gasteiger partial charge is 0.314 e. The molecule has 1 aromatic heterocycles. The minimum atomic E-state index is 0.874. The fraction of sp³-hybridized carbons (Fsp3) is 0.692. The van der Waals surface area contributed by atoms with E-state index in [4.69, 9.17) is 0 Å². The molecule has 1 N–H and O–H groups in total. The molecular weight excluding hydrogens is 202 g/mol. The molecule has 1 heterocycles. The summed E-state index contributed by atoms with van der Waals surface area (Å²) in [6.45, 7) is 3.45. The van der Waals surface area contributed by atoms with Crippen molar-refractivity contribution in [3.05, 3.63) is 21.9 Å². The standard InChI is InChI=1S/C13H21NS/c1-2-12-8-9-13(15-12)5-3-4-10-14-11-6-7-11/h8-9,11,14H,2-7,10H2,1H3. The molecule has 1 aromatic rings. The van der Waals surface area contributed by atoms with E-state index in [0.29, 0.717) is 0 Å². The van der Waals surface area contributed by atoms with Gasteiger partial charge in [0.25, 0.3) is 0 Å². The van der Waals surface area contributed by atoms with Crippen molar-refractivity contribution in [2.75, 3.05) is 6.54 Å². The Hall–Kier alpha value is -0.340. The van der Waals surface area contributed by atoms with Gasteiger partial charge >= 0.3 is 0 Å². The van der Waals surface area contributed by atoms with Crippen LogP contribution in [0.1, 0.15) is 42.4 Å². The van der Waals surface area contributed by atoms with Crippen LogP contribution in [-0.4, -0.2) is 12.6 Å². The molecule has 2 rings (SSSR count). The first-order valence-corrected chi connectivity index (χ1v) is 7.01. The third kappa shape index (κ3) is 3.96. The Labute approximate surface area is 96.9 Å². The van der Waals surface area contributed by atoms with Gasteiger partial charge in [-0.3, -0.25) is 0 Å². The van der Waals surface area contributed by atoms with Gasteiger partial charge in [0.05, 0.1) is 0 Å². The van der Waals surface area contributed by atoms with Crippen LogP contribution in [0, 0.1) is 0 Å². The maximum Gasteiger partial charge on any atom is 0.00682 e. The minimum Gasteiger partial charge on any atom is -0.314 e. The van der Waals surface area contributed by atoms with Gasteiger partial charge in [0.1, 0.15) is 0 Å². The zero-order valence-corrected chi connectivity index (χ0v) is 10.4. The highest BCUT2D eigenvalue weighted by Gasteiger charge is 2.19. The highest BCUT2D eigenvalue weighted by atomic mass is 32.1. The molecule has 1 nitrogen and oxygen atoms in total. The summed E-state index contributed by atoms with van der Waals surface area (Å²) >= 11 is 1.99. The predicted octanol–water partition coefficient (Wildman–Crippen LogP) is 3.39. The number of hydrogen-bond acceptors (Lipinski definition) is 2. The van der Waals surface area contributed by atoms with Crippen LogP contribution < -0.4 is 5.32 Å². The van der Waals surface area contributed by atoms with E-state index >= 15 is 0 Å². The zero-order chi connectivity index (χ0) is 10.5. The molecule has 0 aromatic carbocycles. The van der Waals surface area contributed by atoms with Crippen LogP contribution in [0.25, 0.3) is 0 Å². The van der Waals surface area contributed by atoms with Gasteiger partial charge in [-0.1, -0.05) is 6.92 Å².